The molecular weight excluding hydrogens is 391 g/mol. The van der Waals surface area contributed by atoms with Gasteiger partial charge in [0.1, 0.15) is 12.4 Å². The van der Waals surface area contributed by atoms with Gasteiger partial charge in [0, 0.05) is 16.8 Å². The van der Waals surface area contributed by atoms with E-state index in [-0.39, 0.29) is 18.8 Å². The molecule has 0 spiro atoms. The van der Waals surface area contributed by atoms with Crippen LogP contribution in [-0.2, 0) is 16.1 Å². The summed E-state index contributed by atoms with van der Waals surface area (Å²) in [5.74, 6) is -0.273. The summed E-state index contributed by atoms with van der Waals surface area (Å²) in [7, 11) is 1.48. The second-order valence-electron chi connectivity index (χ2n) is 6.55. The Labute approximate surface area is 173 Å². The van der Waals surface area contributed by atoms with Crippen LogP contribution in [0.4, 0.5) is 9.18 Å². The van der Waals surface area contributed by atoms with E-state index in [0.29, 0.717) is 28.3 Å². The summed E-state index contributed by atoms with van der Waals surface area (Å²) in [5.41, 5.74) is 1.48. The monoisotopic (exact) mass is 414 g/mol. The molecule has 1 atom stereocenters. The van der Waals surface area contributed by atoms with Crippen molar-refractivity contribution in [2.24, 2.45) is 0 Å². The lowest BCUT2D eigenvalue weighted by Crippen LogP contribution is -2.45. The highest BCUT2D eigenvalue weighted by Crippen LogP contribution is 2.39. The maximum Gasteiger partial charge on any atom is 0.338 e. The second-order valence-corrected chi connectivity index (χ2v) is 6.55. The van der Waals surface area contributed by atoms with Gasteiger partial charge in [-0.2, -0.15) is 0 Å². The molecule has 1 aliphatic heterocycles. The molecule has 2 aromatic rings. The molecule has 1 unspecified atom stereocenters. The number of rotatable bonds is 7. The van der Waals surface area contributed by atoms with Crippen LogP contribution in [0.25, 0.3) is 0 Å². The summed E-state index contributed by atoms with van der Waals surface area (Å²) in [5, 5.41) is 5.32. The minimum Gasteiger partial charge on any atom is -0.493 e. The van der Waals surface area contributed by atoms with Gasteiger partial charge in [-0.25, -0.2) is 14.0 Å². The van der Waals surface area contributed by atoms with Gasteiger partial charge in [0.25, 0.3) is 0 Å². The average molecular weight is 414 g/mol. The van der Waals surface area contributed by atoms with E-state index in [9.17, 15) is 14.0 Å². The molecule has 0 aliphatic carbocycles. The normalized spacial score (nSPS) is 15.9. The summed E-state index contributed by atoms with van der Waals surface area (Å²) in [6, 6.07) is 10.1. The quantitative estimate of drug-likeness (QED) is 0.676. The third kappa shape index (κ3) is 4.37. The van der Waals surface area contributed by atoms with E-state index in [4.69, 9.17) is 14.2 Å². The van der Waals surface area contributed by atoms with Crippen molar-refractivity contribution in [1.29, 1.82) is 0 Å². The second kappa shape index (κ2) is 9.30. The lowest BCUT2D eigenvalue weighted by atomic mass is 9.94. The van der Waals surface area contributed by atoms with Gasteiger partial charge in [0.15, 0.2) is 11.5 Å². The number of hydrogen-bond donors (Lipinski definition) is 2. The number of benzene rings is 2. The van der Waals surface area contributed by atoms with Gasteiger partial charge in [-0.3, -0.25) is 0 Å². The minimum absolute atomic E-state index is 0.0591. The third-order valence-corrected chi connectivity index (χ3v) is 4.63. The number of carbonyl (C=O) groups excluding carboxylic acids is 2. The summed E-state index contributed by atoms with van der Waals surface area (Å²) in [4.78, 5) is 24.7. The Hall–Kier alpha value is -3.55. The maximum absolute atomic E-state index is 14.0. The number of nitrogens with one attached hydrogen (secondary N) is 2. The SMILES string of the molecule is CCOC(=O)C1=C(C)NC(=O)NC1c1cccc(OC)c1OCc1ccccc1F. The fourth-order valence-electron chi connectivity index (χ4n) is 3.25. The third-order valence-electron chi connectivity index (χ3n) is 4.63. The summed E-state index contributed by atoms with van der Waals surface area (Å²) >= 11 is 0. The number of allylic oxidation sites excluding steroid dienone is 1. The van der Waals surface area contributed by atoms with Crippen molar-refractivity contribution in [3.8, 4) is 11.5 Å². The van der Waals surface area contributed by atoms with Crippen molar-refractivity contribution < 1.29 is 28.2 Å². The lowest BCUT2D eigenvalue weighted by molar-refractivity contribution is -0.139. The van der Waals surface area contributed by atoms with Crippen molar-refractivity contribution in [3.63, 3.8) is 0 Å². The number of methoxy groups -OCH3 is 1. The Morgan fingerprint density at radius 2 is 1.93 bits per heavy atom. The number of hydrogen-bond acceptors (Lipinski definition) is 5. The van der Waals surface area contributed by atoms with Crippen molar-refractivity contribution in [3.05, 3.63) is 70.7 Å². The zero-order valence-corrected chi connectivity index (χ0v) is 17.0. The molecule has 0 saturated carbocycles. The largest absolute Gasteiger partial charge is 0.493 e. The molecule has 8 heteroatoms. The van der Waals surface area contributed by atoms with Crippen LogP contribution in [0.1, 0.15) is 31.0 Å². The Bertz CT molecular complexity index is 989. The first-order valence-electron chi connectivity index (χ1n) is 9.44. The molecule has 1 aliphatic rings. The molecule has 0 radical (unpaired) electrons. The molecule has 0 fully saturated rings. The van der Waals surface area contributed by atoms with E-state index in [1.165, 1.54) is 13.2 Å². The molecule has 0 bridgehead atoms. The number of carbonyl (C=O) groups is 2. The molecule has 2 N–H and O–H groups in total. The van der Waals surface area contributed by atoms with E-state index < -0.39 is 23.9 Å². The van der Waals surface area contributed by atoms with E-state index in [1.807, 2.05) is 0 Å². The molecular formula is C22H23FN2O5. The van der Waals surface area contributed by atoms with E-state index in [0.717, 1.165) is 0 Å². The topological polar surface area (TPSA) is 85.9 Å². The predicted octanol–water partition coefficient (Wildman–Crippen LogP) is 3.60. The van der Waals surface area contributed by atoms with Crippen LogP contribution in [0.2, 0.25) is 0 Å². The number of esters is 1. The molecule has 2 amide bonds. The number of halogens is 1. The highest BCUT2D eigenvalue weighted by molar-refractivity contribution is 5.95. The molecule has 30 heavy (non-hydrogen) atoms. The van der Waals surface area contributed by atoms with Crippen LogP contribution < -0.4 is 20.1 Å². The van der Waals surface area contributed by atoms with Gasteiger partial charge in [-0.05, 0) is 26.0 Å². The summed E-state index contributed by atoms with van der Waals surface area (Å²) in [6.45, 7) is 3.45. The fourth-order valence-corrected chi connectivity index (χ4v) is 3.25. The predicted molar refractivity (Wildman–Crippen MR) is 107 cm³/mol. The number of urea groups is 1. The molecule has 0 saturated heterocycles. The summed E-state index contributed by atoms with van der Waals surface area (Å²) in [6.07, 6.45) is 0. The first-order chi connectivity index (χ1) is 14.5. The average Bonchev–Trinajstić information content (AvgIpc) is 2.72. The number of para-hydroxylation sites is 1. The molecule has 0 aromatic heterocycles. The molecule has 1 heterocycles. The van der Waals surface area contributed by atoms with Crippen LogP contribution in [0.15, 0.2) is 53.7 Å². The van der Waals surface area contributed by atoms with Crippen molar-refractivity contribution in [1.82, 2.24) is 10.6 Å². The first kappa shape index (κ1) is 21.2. The van der Waals surface area contributed by atoms with E-state index in [2.05, 4.69) is 10.6 Å². The van der Waals surface area contributed by atoms with Gasteiger partial charge in [-0.15, -0.1) is 0 Å². The Morgan fingerprint density at radius 3 is 2.63 bits per heavy atom. The molecule has 7 nitrogen and oxygen atoms in total. The number of ether oxygens (including phenoxy) is 3. The molecule has 158 valence electrons. The summed E-state index contributed by atoms with van der Waals surface area (Å²) < 4.78 is 30.5. The van der Waals surface area contributed by atoms with Crippen LogP contribution in [-0.4, -0.2) is 25.7 Å². The Morgan fingerprint density at radius 1 is 1.17 bits per heavy atom. The molecule has 3 rings (SSSR count). The smallest absolute Gasteiger partial charge is 0.338 e. The standard InChI is InChI=1S/C22H23FN2O5/c1-4-29-21(26)18-13(2)24-22(27)25-19(18)15-9-7-11-17(28-3)20(15)30-12-14-8-5-6-10-16(14)23/h5-11,19H,4,12H2,1-3H3,(H2,24,25,27). The zero-order valence-electron chi connectivity index (χ0n) is 17.0. The highest BCUT2D eigenvalue weighted by Gasteiger charge is 2.34. The van der Waals surface area contributed by atoms with Crippen LogP contribution in [0, 0.1) is 5.82 Å². The first-order valence-corrected chi connectivity index (χ1v) is 9.44. The van der Waals surface area contributed by atoms with Crippen LogP contribution >= 0.6 is 0 Å². The number of amides is 2. The minimum atomic E-state index is -0.830. The van der Waals surface area contributed by atoms with Gasteiger partial charge < -0.3 is 24.8 Å². The van der Waals surface area contributed by atoms with Gasteiger partial charge in [0.05, 0.1) is 25.3 Å². The fraction of sp³-hybridized carbons (Fsp3) is 0.273. The van der Waals surface area contributed by atoms with E-state index >= 15 is 0 Å². The van der Waals surface area contributed by atoms with Gasteiger partial charge >= 0.3 is 12.0 Å². The van der Waals surface area contributed by atoms with E-state index in [1.54, 1.807) is 50.2 Å². The van der Waals surface area contributed by atoms with Gasteiger partial charge in [-0.1, -0.05) is 30.3 Å². The van der Waals surface area contributed by atoms with Crippen molar-refractivity contribution >= 4 is 12.0 Å². The zero-order chi connectivity index (χ0) is 21.7. The highest BCUT2D eigenvalue weighted by atomic mass is 19.1. The van der Waals surface area contributed by atoms with Crippen molar-refractivity contribution in [2.75, 3.05) is 13.7 Å². The Balaban J connectivity index is 2.03. The van der Waals surface area contributed by atoms with Gasteiger partial charge in [0.2, 0.25) is 0 Å². The molecule has 2 aromatic carbocycles. The van der Waals surface area contributed by atoms with Crippen LogP contribution in [0.5, 0.6) is 11.5 Å². The van der Waals surface area contributed by atoms with Crippen molar-refractivity contribution in [2.45, 2.75) is 26.5 Å². The lowest BCUT2D eigenvalue weighted by Gasteiger charge is -2.29. The van der Waals surface area contributed by atoms with Crippen LogP contribution in [0.3, 0.4) is 0 Å². The maximum atomic E-state index is 14.0. The Kier molecular flexibility index (Phi) is 6.56.